The molecule has 0 atom stereocenters. The predicted molar refractivity (Wildman–Crippen MR) is 69.4 cm³/mol. The van der Waals surface area contributed by atoms with Crippen LogP contribution in [-0.2, 0) is 6.42 Å². The van der Waals surface area contributed by atoms with Crippen LogP contribution in [0.3, 0.4) is 0 Å². The van der Waals surface area contributed by atoms with E-state index in [9.17, 15) is 18.9 Å². The van der Waals surface area contributed by atoms with Crippen molar-refractivity contribution in [2.24, 2.45) is 0 Å². The molecule has 0 radical (unpaired) electrons. The van der Waals surface area contributed by atoms with Gasteiger partial charge in [-0.1, -0.05) is 6.07 Å². The van der Waals surface area contributed by atoms with Crippen molar-refractivity contribution in [3.8, 4) is 0 Å². The number of nitrogens with one attached hydrogen (secondary N) is 1. The Morgan fingerprint density at radius 2 is 2.10 bits per heavy atom. The minimum atomic E-state index is -0.639. The molecule has 0 spiro atoms. The number of anilines is 1. The third-order valence-corrected chi connectivity index (χ3v) is 2.69. The molecular formula is C13H11F2N3O2. The fourth-order valence-electron chi connectivity index (χ4n) is 1.72. The van der Waals surface area contributed by atoms with E-state index in [2.05, 4.69) is 10.3 Å². The van der Waals surface area contributed by atoms with Crippen LogP contribution in [-0.4, -0.2) is 16.5 Å². The molecule has 1 aromatic heterocycles. The molecule has 20 heavy (non-hydrogen) atoms. The molecule has 1 heterocycles. The maximum absolute atomic E-state index is 13.4. The average molecular weight is 279 g/mol. The number of hydrogen-bond acceptors (Lipinski definition) is 4. The largest absolute Gasteiger partial charge is 0.364 e. The maximum atomic E-state index is 13.4. The van der Waals surface area contributed by atoms with Crippen LogP contribution in [0, 0.1) is 21.7 Å². The van der Waals surface area contributed by atoms with Crippen LogP contribution in [0.4, 0.5) is 20.3 Å². The SMILES string of the molecule is O=[N+]([O-])c1cccnc1NCCc1ccc(F)cc1F. The van der Waals surface area contributed by atoms with Crippen molar-refractivity contribution < 1.29 is 13.7 Å². The Morgan fingerprint density at radius 1 is 1.30 bits per heavy atom. The maximum Gasteiger partial charge on any atom is 0.311 e. The Bertz CT molecular complexity index is 635. The van der Waals surface area contributed by atoms with Crippen molar-refractivity contribution in [1.82, 2.24) is 4.98 Å². The zero-order valence-electron chi connectivity index (χ0n) is 10.3. The van der Waals surface area contributed by atoms with Crippen molar-refractivity contribution in [3.05, 3.63) is 63.8 Å². The number of rotatable bonds is 5. The standard InChI is InChI=1S/C13H11F2N3O2/c14-10-4-3-9(11(15)8-10)5-7-17-13-12(18(19)20)2-1-6-16-13/h1-4,6,8H,5,7H2,(H,16,17). The molecule has 7 heteroatoms. The van der Waals surface area contributed by atoms with E-state index in [0.717, 1.165) is 6.07 Å². The predicted octanol–water partition coefficient (Wildman–Crippen LogP) is 2.92. The summed E-state index contributed by atoms with van der Waals surface area (Å²) in [7, 11) is 0. The van der Waals surface area contributed by atoms with Crippen LogP contribution < -0.4 is 5.32 Å². The number of nitrogens with zero attached hydrogens (tertiary/aromatic N) is 2. The molecule has 0 fully saturated rings. The number of aromatic nitrogens is 1. The van der Waals surface area contributed by atoms with Crippen molar-refractivity contribution in [3.63, 3.8) is 0 Å². The van der Waals surface area contributed by atoms with E-state index in [1.165, 1.54) is 30.5 Å². The van der Waals surface area contributed by atoms with E-state index in [-0.39, 0.29) is 24.5 Å². The van der Waals surface area contributed by atoms with Crippen molar-refractivity contribution >= 4 is 11.5 Å². The lowest BCUT2D eigenvalue weighted by Crippen LogP contribution is -2.09. The molecule has 1 N–H and O–H groups in total. The Labute approximate surface area is 113 Å². The second-order valence-corrected chi connectivity index (χ2v) is 4.04. The molecule has 0 bridgehead atoms. The highest BCUT2D eigenvalue weighted by molar-refractivity contribution is 5.55. The molecule has 2 aromatic rings. The van der Waals surface area contributed by atoms with Gasteiger partial charge in [-0.05, 0) is 24.1 Å². The molecule has 0 saturated heterocycles. The summed E-state index contributed by atoms with van der Waals surface area (Å²) in [4.78, 5) is 14.1. The molecule has 5 nitrogen and oxygen atoms in total. The first kappa shape index (κ1) is 13.9. The van der Waals surface area contributed by atoms with Crippen LogP contribution >= 0.6 is 0 Å². The van der Waals surface area contributed by atoms with E-state index in [0.29, 0.717) is 5.56 Å². The first-order valence-corrected chi connectivity index (χ1v) is 5.85. The highest BCUT2D eigenvalue weighted by atomic mass is 19.1. The van der Waals surface area contributed by atoms with Crippen LogP contribution in [0.2, 0.25) is 0 Å². The summed E-state index contributed by atoms with van der Waals surface area (Å²) < 4.78 is 26.1. The van der Waals surface area contributed by atoms with E-state index in [1.54, 1.807) is 0 Å². The molecule has 0 amide bonds. The Morgan fingerprint density at radius 3 is 2.80 bits per heavy atom. The van der Waals surface area contributed by atoms with Gasteiger partial charge in [-0.3, -0.25) is 10.1 Å². The molecule has 0 aliphatic rings. The molecule has 0 saturated carbocycles. The third-order valence-electron chi connectivity index (χ3n) is 2.69. The summed E-state index contributed by atoms with van der Waals surface area (Å²) >= 11 is 0. The first-order valence-electron chi connectivity index (χ1n) is 5.85. The average Bonchev–Trinajstić information content (AvgIpc) is 2.41. The van der Waals surface area contributed by atoms with Crippen LogP contribution in [0.25, 0.3) is 0 Å². The van der Waals surface area contributed by atoms with Gasteiger partial charge < -0.3 is 5.32 Å². The topological polar surface area (TPSA) is 68.1 Å². The fourth-order valence-corrected chi connectivity index (χ4v) is 1.72. The normalized spacial score (nSPS) is 10.3. The number of pyridine rings is 1. The third kappa shape index (κ3) is 3.25. The van der Waals surface area contributed by atoms with E-state index in [1.807, 2.05) is 0 Å². The molecule has 0 aliphatic carbocycles. The summed E-state index contributed by atoms with van der Waals surface area (Å²) in [6.45, 7) is 0.250. The number of nitro groups is 1. The molecular weight excluding hydrogens is 268 g/mol. The molecule has 2 rings (SSSR count). The van der Waals surface area contributed by atoms with E-state index >= 15 is 0 Å². The van der Waals surface area contributed by atoms with Gasteiger partial charge in [0.1, 0.15) is 11.6 Å². The lowest BCUT2D eigenvalue weighted by atomic mass is 10.1. The lowest BCUT2D eigenvalue weighted by molar-refractivity contribution is -0.384. The van der Waals surface area contributed by atoms with E-state index < -0.39 is 16.6 Å². The van der Waals surface area contributed by atoms with Crippen LogP contribution in [0.5, 0.6) is 0 Å². The fraction of sp³-hybridized carbons (Fsp3) is 0.154. The van der Waals surface area contributed by atoms with Gasteiger partial charge in [0.2, 0.25) is 5.82 Å². The van der Waals surface area contributed by atoms with Gasteiger partial charge in [0, 0.05) is 24.9 Å². The van der Waals surface area contributed by atoms with Gasteiger partial charge >= 0.3 is 5.69 Å². The summed E-state index contributed by atoms with van der Waals surface area (Å²) in [5.41, 5.74) is 0.185. The number of halogens is 2. The molecule has 104 valence electrons. The molecule has 0 unspecified atom stereocenters. The van der Waals surface area contributed by atoms with Crippen LogP contribution in [0.15, 0.2) is 36.5 Å². The highest BCUT2D eigenvalue weighted by Gasteiger charge is 2.13. The Balaban J connectivity index is 2.01. The number of benzene rings is 1. The second kappa shape index (κ2) is 6.05. The van der Waals surface area contributed by atoms with Gasteiger partial charge in [0.25, 0.3) is 0 Å². The Kier molecular flexibility index (Phi) is 4.19. The van der Waals surface area contributed by atoms with E-state index in [4.69, 9.17) is 0 Å². The Hall–Kier alpha value is -2.57. The molecule has 0 aliphatic heterocycles. The van der Waals surface area contributed by atoms with Gasteiger partial charge in [0.15, 0.2) is 0 Å². The minimum absolute atomic E-state index is 0.125. The van der Waals surface area contributed by atoms with Crippen molar-refractivity contribution in [2.75, 3.05) is 11.9 Å². The van der Waals surface area contributed by atoms with Crippen molar-refractivity contribution in [2.45, 2.75) is 6.42 Å². The quantitative estimate of drug-likeness (QED) is 0.675. The van der Waals surface area contributed by atoms with Gasteiger partial charge in [-0.2, -0.15) is 0 Å². The monoisotopic (exact) mass is 279 g/mol. The summed E-state index contributed by atoms with van der Waals surface area (Å²) in [5.74, 6) is -1.15. The molecule has 1 aromatic carbocycles. The van der Waals surface area contributed by atoms with Gasteiger partial charge in [0.05, 0.1) is 4.92 Å². The summed E-state index contributed by atoms with van der Waals surface area (Å²) in [5, 5.41) is 13.5. The summed E-state index contributed by atoms with van der Waals surface area (Å²) in [6, 6.07) is 6.11. The zero-order valence-corrected chi connectivity index (χ0v) is 10.3. The first-order chi connectivity index (χ1) is 9.58. The smallest absolute Gasteiger partial charge is 0.311 e. The highest BCUT2D eigenvalue weighted by Crippen LogP contribution is 2.20. The minimum Gasteiger partial charge on any atom is -0.364 e. The van der Waals surface area contributed by atoms with Crippen molar-refractivity contribution in [1.29, 1.82) is 0 Å². The van der Waals surface area contributed by atoms with Crippen LogP contribution in [0.1, 0.15) is 5.56 Å². The van der Waals surface area contributed by atoms with Gasteiger partial charge in [-0.15, -0.1) is 0 Å². The second-order valence-electron chi connectivity index (χ2n) is 4.04. The summed E-state index contributed by atoms with van der Waals surface area (Å²) in [6.07, 6.45) is 1.69. The van der Waals surface area contributed by atoms with Gasteiger partial charge in [-0.25, -0.2) is 13.8 Å². The zero-order chi connectivity index (χ0) is 14.5. The lowest BCUT2D eigenvalue weighted by Gasteiger charge is -2.06. The number of hydrogen-bond donors (Lipinski definition) is 1.